The molecule has 4 nitrogen and oxygen atoms in total. The van der Waals surface area contributed by atoms with Crippen molar-refractivity contribution in [2.45, 2.75) is 29.8 Å². The second-order valence-electron chi connectivity index (χ2n) is 5.57. The van der Waals surface area contributed by atoms with Crippen molar-refractivity contribution < 1.29 is 8.42 Å². The number of aryl methyl sites for hydroxylation is 1. The Kier molecular flexibility index (Phi) is 4.05. The molecule has 0 aliphatic heterocycles. The molecule has 0 radical (unpaired) electrons. The zero-order valence-corrected chi connectivity index (χ0v) is 13.8. The molecule has 3 aromatic rings. The first-order valence-electron chi connectivity index (χ1n) is 7.40. The van der Waals surface area contributed by atoms with Gasteiger partial charge in [-0.3, -0.25) is 0 Å². The van der Waals surface area contributed by atoms with Crippen LogP contribution in [-0.4, -0.2) is 18.4 Å². The summed E-state index contributed by atoms with van der Waals surface area (Å²) in [5.41, 5.74) is 2.89. The van der Waals surface area contributed by atoms with Gasteiger partial charge in [-0.25, -0.2) is 13.4 Å². The van der Waals surface area contributed by atoms with Gasteiger partial charge >= 0.3 is 0 Å². The molecule has 0 bridgehead atoms. The molecular formula is C18H18N2O2S. The van der Waals surface area contributed by atoms with Crippen LogP contribution < -0.4 is 0 Å². The average Bonchev–Trinajstić information content (AvgIpc) is 3.10. The lowest BCUT2D eigenvalue weighted by Gasteiger charge is -2.17. The molecule has 23 heavy (non-hydrogen) atoms. The van der Waals surface area contributed by atoms with Crippen LogP contribution in [0.3, 0.4) is 0 Å². The number of hydrogen-bond donors (Lipinski definition) is 1. The van der Waals surface area contributed by atoms with E-state index in [1.807, 2.05) is 56.3 Å². The number of nitrogens with zero attached hydrogens (tertiary/aromatic N) is 1. The molecule has 118 valence electrons. The predicted octanol–water partition coefficient (Wildman–Crippen LogP) is 3.70. The molecule has 0 aliphatic rings. The smallest absolute Gasteiger partial charge is 0.240 e. The number of imidazole rings is 1. The van der Waals surface area contributed by atoms with Gasteiger partial charge in [-0.05, 0) is 24.1 Å². The summed E-state index contributed by atoms with van der Waals surface area (Å²) in [6.45, 7) is 3.98. The van der Waals surface area contributed by atoms with Crippen LogP contribution in [-0.2, 0) is 9.84 Å². The molecular weight excluding hydrogens is 308 g/mol. The maximum Gasteiger partial charge on any atom is 0.240 e. The van der Waals surface area contributed by atoms with Gasteiger partial charge in [0.25, 0.3) is 0 Å². The minimum atomic E-state index is -3.66. The fourth-order valence-corrected chi connectivity index (χ4v) is 4.10. The first-order chi connectivity index (χ1) is 11.0. The summed E-state index contributed by atoms with van der Waals surface area (Å²) < 4.78 is 25.7. The molecule has 1 atom stereocenters. The highest BCUT2D eigenvalue weighted by Crippen LogP contribution is 2.32. The van der Waals surface area contributed by atoms with Crippen LogP contribution in [0, 0.1) is 6.92 Å². The van der Waals surface area contributed by atoms with Crippen molar-refractivity contribution in [3.05, 3.63) is 77.6 Å². The lowest BCUT2D eigenvalue weighted by atomic mass is 9.92. The maximum atomic E-state index is 12.9. The highest BCUT2D eigenvalue weighted by molar-refractivity contribution is 7.91. The number of aromatic amines is 1. The lowest BCUT2D eigenvalue weighted by Crippen LogP contribution is -2.10. The van der Waals surface area contributed by atoms with Crippen LogP contribution in [0.15, 0.2) is 71.0 Å². The van der Waals surface area contributed by atoms with Crippen molar-refractivity contribution in [2.75, 3.05) is 0 Å². The van der Waals surface area contributed by atoms with Crippen LogP contribution in [0.25, 0.3) is 0 Å². The standard InChI is InChI=1S/C18H18N2O2S/c1-13-8-9-17(23(21,22)18-19-10-11-20-18)16(12-13)14(2)15-6-4-3-5-7-15/h3-12,14H,1-2H3,(H,19,20). The third-order valence-corrected chi connectivity index (χ3v) is 5.63. The first-order valence-corrected chi connectivity index (χ1v) is 8.88. The SMILES string of the molecule is Cc1ccc(S(=O)(=O)c2ncc[nH]2)c(C(C)c2ccccc2)c1. The molecule has 1 unspecified atom stereocenters. The van der Waals surface area contributed by atoms with E-state index >= 15 is 0 Å². The topological polar surface area (TPSA) is 62.8 Å². The van der Waals surface area contributed by atoms with E-state index in [2.05, 4.69) is 9.97 Å². The van der Waals surface area contributed by atoms with Crippen LogP contribution in [0.1, 0.15) is 29.5 Å². The Hall–Kier alpha value is -2.40. The Morgan fingerprint density at radius 2 is 1.83 bits per heavy atom. The van der Waals surface area contributed by atoms with E-state index in [1.54, 1.807) is 6.07 Å². The second kappa shape index (κ2) is 6.01. The Bertz CT molecular complexity index is 901. The summed E-state index contributed by atoms with van der Waals surface area (Å²) in [6, 6.07) is 15.3. The van der Waals surface area contributed by atoms with Gasteiger partial charge in [0.15, 0.2) is 0 Å². The van der Waals surface area contributed by atoms with E-state index in [0.717, 1.165) is 16.7 Å². The molecule has 1 N–H and O–H groups in total. The molecule has 0 saturated carbocycles. The molecule has 1 aromatic heterocycles. The van der Waals surface area contributed by atoms with Crippen LogP contribution in [0.4, 0.5) is 0 Å². The van der Waals surface area contributed by atoms with Gasteiger partial charge in [-0.1, -0.05) is 55.0 Å². The quantitative estimate of drug-likeness (QED) is 0.795. The Morgan fingerprint density at radius 3 is 2.48 bits per heavy atom. The average molecular weight is 326 g/mol. The number of rotatable bonds is 4. The van der Waals surface area contributed by atoms with Crippen molar-refractivity contribution >= 4 is 9.84 Å². The number of sulfone groups is 1. The molecule has 2 aromatic carbocycles. The number of aromatic nitrogens is 2. The highest BCUT2D eigenvalue weighted by Gasteiger charge is 2.26. The zero-order chi connectivity index (χ0) is 16.4. The minimum absolute atomic E-state index is 0.0251. The maximum absolute atomic E-state index is 12.9. The molecule has 1 heterocycles. The zero-order valence-electron chi connectivity index (χ0n) is 13.0. The summed E-state index contributed by atoms with van der Waals surface area (Å²) in [5, 5.41) is -0.0251. The van der Waals surface area contributed by atoms with Crippen molar-refractivity contribution in [3.63, 3.8) is 0 Å². The lowest BCUT2D eigenvalue weighted by molar-refractivity contribution is 0.587. The molecule has 3 rings (SSSR count). The van der Waals surface area contributed by atoms with E-state index in [4.69, 9.17) is 0 Å². The van der Waals surface area contributed by atoms with Gasteiger partial charge in [0.05, 0.1) is 4.90 Å². The van der Waals surface area contributed by atoms with E-state index < -0.39 is 9.84 Å². The fraction of sp³-hybridized carbons (Fsp3) is 0.167. The van der Waals surface area contributed by atoms with Gasteiger partial charge in [0.1, 0.15) is 0 Å². The van der Waals surface area contributed by atoms with Gasteiger partial charge in [-0.15, -0.1) is 0 Å². The second-order valence-corrected chi connectivity index (χ2v) is 7.40. The van der Waals surface area contributed by atoms with Gasteiger partial charge in [0, 0.05) is 18.3 Å². The summed E-state index contributed by atoms with van der Waals surface area (Å²) in [5.74, 6) is -0.0316. The predicted molar refractivity (Wildman–Crippen MR) is 89.2 cm³/mol. The normalized spacial score (nSPS) is 13.0. The fourth-order valence-electron chi connectivity index (χ4n) is 2.67. The Morgan fingerprint density at radius 1 is 1.09 bits per heavy atom. The van der Waals surface area contributed by atoms with Gasteiger partial charge in [-0.2, -0.15) is 0 Å². The third kappa shape index (κ3) is 2.92. The number of benzene rings is 2. The summed E-state index contributed by atoms with van der Waals surface area (Å²) in [7, 11) is -3.66. The molecule has 0 amide bonds. The van der Waals surface area contributed by atoms with Crippen molar-refractivity contribution in [2.24, 2.45) is 0 Å². The number of H-pyrrole nitrogens is 1. The molecule has 0 fully saturated rings. The molecule has 0 aliphatic carbocycles. The van der Waals surface area contributed by atoms with Crippen LogP contribution in [0.5, 0.6) is 0 Å². The Labute approximate surface area is 136 Å². The monoisotopic (exact) mass is 326 g/mol. The van der Waals surface area contributed by atoms with E-state index in [-0.39, 0.29) is 11.1 Å². The van der Waals surface area contributed by atoms with Crippen molar-refractivity contribution in [1.82, 2.24) is 9.97 Å². The van der Waals surface area contributed by atoms with Crippen LogP contribution in [0.2, 0.25) is 0 Å². The summed E-state index contributed by atoms with van der Waals surface area (Å²) in [4.78, 5) is 6.91. The van der Waals surface area contributed by atoms with E-state index in [0.29, 0.717) is 4.90 Å². The number of hydrogen-bond acceptors (Lipinski definition) is 3. The number of nitrogens with one attached hydrogen (secondary N) is 1. The van der Waals surface area contributed by atoms with Gasteiger partial charge in [0.2, 0.25) is 15.0 Å². The molecule has 5 heteroatoms. The van der Waals surface area contributed by atoms with Crippen LogP contribution >= 0.6 is 0 Å². The van der Waals surface area contributed by atoms with Gasteiger partial charge < -0.3 is 4.98 Å². The highest BCUT2D eigenvalue weighted by atomic mass is 32.2. The summed E-state index contributed by atoms with van der Waals surface area (Å²) >= 11 is 0. The molecule has 0 spiro atoms. The minimum Gasteiger partial charge on any atom is -0.335 e. The Balaban J connectivity index is 2.17. The largest absolute Gasteiger partial charge is 0.335 e. The van der Waals surface area contributed by atoms with E-state index in [9.17, 15) is 8.42 Å². The summed E-state index contributed by atoms with van der Waals surface area (Å²) in [6.07, 6.45) is 2.96. The third-order valence-electron chi connectivity index (χ3n) is 3.95. The van der Waals surface area contributed by atoms with Crippen molar-refractivity contribution in [1.29, 1.82) is 0 Å². The molecule has 0 saturated heterocycles. The first kappa shape index (κ1) is 15.5. The van der Waals surface area contributed by atoms with E-state index in [1.165, 1.54) is 12.4 Å². The van der Waals surface area contributed by atoms with Crippen molar-refractivity contribution in [3.8, 4) is 0 Å².